The third-order valence-electron chi connectivity index (χ3n) is 4.93. The third-order valence-corrected chi connectivity index (χ3v) is 4.93. The summed E-state index contributed by atoms with van der Waals surface area (Å²) in [5.41, 5.74) is -4.19. The first-order chi connectivity index (χ1) is 14.4. The summed E-state index contributed by atoms with van der Waals surface area (Å²) in [4.78, 5) is 95.0. The number of carbonyl (C=O) groups is 9. The molecule has 0 fully saturated rings. The van der Waals surface area contributed by atoms with Crippen molar-refractivity contribution in [3.63, 3.8) is 0 Å². The molecule has 12 nitrogen and oxygen atoms in total. The van der Waals surface area contributed by atoms with Gasteiger partial charge in [-0.25, -0.2) is 14.4 Å². The van der Waals surface area contributed by atoms with E-state index < -0.39 is 68.9 Å². The Morgan fingerprint density at radius 3 is 0.559 bits per heavy atom. The van der Waals surface area contributed by atoms with Crippen molar-refractivity contribution in [2.24, 2.45) is 16.2 Å². The van der Waals surface area contributed by atoms with E-state index in [0.717, 1.165) is 0 Å². The van der Waals surface area contributed by atoms with E-state index in [1.807, 2.05) is 0 Å². The van der Waals surface area contributed by atoms with Crippen molar-refractivity contribution >= 4 is 52.6 Å². The van der Waals surface area contributed by atoms with Gasteiger partial charge in [-0.2, -0.15) is 0 Å². The molecule has 3 N–H and O–H groups in total. The van der Waals surface area contributed by atoms with Crippen molar-refractivity contribution in [2.75, 3.05) is 0 Å². The molecule has 13 heteroatoms. The first kappa shape index (κ1) is 38.4. The van der Waals surface area contributed by atoms with Crippen LogP contribution in [-0.2, 0) is 65.5 Å². The van der Waals surface area contributed by atoms with Gasteiger partial charge >= 0.3 is 17.9 Å². The Morgan fingerprint density at radius 2 is 0.529 bits per heavy atom. The van der Waals surface area contributed by atoms with Gasteiger partial charge in [0.2, 0.25) is 0 Å². The summed E-state index contributed by atoms with van der Waals surface area (Å²) in [6.45, 7) is 11.4. The van der Waals surface area contributed by atoms with Crippen LogP contribution in [0.3, 0.4) is 0 Å². The maximum absolute atomic E-state index is 10.8. The van der Waals surface area contributed by atoms with E-state index in [-0.39, 0.29) is 22.4 Å². The second kappa shape index (κ2) is 14.4. The van der Waals surface area contributed by atoms with Gasteiger partial charge in [0.05, 0.1) is 16.2 Å². The molecule has 0 rings (SSSR count). The fraction of sp³-hybridized carbons (Fsp3) is 0.571. The average molecular weight is 671 g/mol. The topological polar surface area (TPSA) is 214 Å². The largest absolute Gasteiger partial charge is 0.475 e. The SMILES string of the molecule is CC(=O)C(C)(C)C(=O)C(=O)O.CC(=O)C(C)(C)C(=O)C(=O)O.CC(=O)C(C)(C)C(=O)C(=O)O.[Au]. The maximum atomic E-state index is 10.8. The van der Waals surface area contributed by atoms with Crippen LogP contribution in [0.25, 0.3) is 0 Å². The molecular formula is C21H30AuO12. The molecule has 0 aromatic heterocycles. The van der Waals surface area contributed by atoms with E-state index in [0.29, 0.717) is 0 Å². The number of carbonyl (C=O) groups excluding carboxylic acids is 6. The molecule has 0 aliphatic carbocycles. The van der Waals surface area contributed by atoms with Gasteiger partial charge in [-0.15, -0.1) is 0 Å². The first-order valence-electron chi connectivity index (χ1n) is 9.26. The molecule has 0 aliphatic rings. The molecule has 0 spiro atoms. The van der Waals surface area contributed by atoms with Crippen molar-refractivity contribution in [1.29, 1.82) is 0 Å². The molecule has 34 heavy (non-hydrogen) atoms. The van der Waals surface area contributed by atoms with Crippen LogP contribution < -0.4 is 0 Å². The van der Waals surface area contributed by atoms with E-state index in [9.17, 15) is 43.2 Å². The zero-order valence-electron chi connectivity index (χ0n) is 20.3. The molecule has 0 aromatic rings. The third kappa shape index (κ3) is 11.3. The van der Waals surface area contributed by atoms with Crippen LogP contribution in [0.1, 0.15) is 62.3 Å². The van der Waals surface area contributed by atoms with Gasteiger partial charge in [-0.1, -0.05) is 0 Å². The summed E-state index contributed by atoms with van der Waals surface area (Å²) >= 11 is 0. The number of carboxylic acids is 3. The second-order valence-electron chi connectivity index (χ2n) is 8.45. The Balaban J connectivity index is -0.000000196. The number of rotatable bonds is 9. The molecule has 0 aliphatic heterocycles. The smallest absolute Gasteiger partial charge is 0.373 e. The molecule has 0 heterocycles. The van der Waals surface area contributed by atoms with Gasteiger partial charge in [0.1, 0.15) is 17.3 Å². The summed E-state index contributed by atoms with van der Waals surface area (Å²) < 4.78 is 0. The molecule has 0 atom stereocenters. The minimum Gasteiger partial charge on any atom is -0.475 e. The van der Waals surface area contributed by atoms with Crippen molar-refractivity contribution in [3.05, 3.63) is 0 Å². The zero-order valence-corrected chi connectivity index (χ0v) is 22.5. The molecular weight excluding hydrogens is 641 g/mol. The number of ketones is 6. The summed E-state index contributed by atoms with van der Waals surface area (Å²) in [5.74, 6) is -9.21. The molecule has 0 unspecified atom stereocenters. The van der Waals surface area contributed by atoms with E-state index in [2.05, 4.69) is 0 Å². The first-order valence-corrected chi connectivity index (χ1v) is 9.26. The Labute approximate surface area is 212 Å². The standard InChI is InChI=1S/3C7H10O4.Au/c3*1-4(8)7(2,3)5(9)6(10)11;/h3*1-3H3,(H,10,11);. The van der Waals surface area contributed by atoms with Crippen LogP contribution in [-0.4, -0.2) is 67.9 Å². The van der Waals surface area contributed by atoms with E-state index >= 15 is 0 Å². The fourth-order valence-electron chi connectivity index (χ4n) is 1.28. The summed E-state index contributed by atoms with van der Waals surface area (Å²) in [5, 5.41) is 24.8. The summed E-state index contributed by atoms with van der Waals surface area (Å²) in [6.07, 6.45) is 0. The minimum atomic E-state index is -1.56. The van der Waals surface area contributed by atoms with Crippen LogP contribution in [0.4, 0.5) is 0 Å². The number of hydrogen-bond donors (Lipinski definition) is 3. The van der Waals surface area contributed by atoms with Crippen LogP contribution in [0, 0.1) is 16.2 Å². The predicted octanol–water partition coefficient (Wildman–Crippen LogP) is 0.763. The van der Waals surface area contributed by atoms with Crippen LogP contribution in [0.15, 0.2) is 0 Å². The molecule has 0 amide bonds. The van der Waals surface area contributed by atoms with Crippen molar-refractivity contribution in [1.82, 2.24) is 0 Å². The molecule has 0 saturated heterocycles. The Morgan fingerprint density at radius 1 is 0.412 bits per heavy atom. The molecule has 1 radical (unpaired) electrons. The molecule has 0 bridgehead atoms. The minimum absolute atomic E-state index is 0. The maximum Gasteiger partial charge on any atom is 0.373 e. The number of hydrogen-bond acceptors (Lipinski definition) is 9. The van der Waals surface area contributed by atoms with E-state index in [1.54, 1.807) is 0 Å². The van der Waals surface area contributed by atoms with Gasteiger partial charge in [0.25, 0.3) is 17.3 Å². The molecule has 197 valence electrons. The van der Waals surface area contributed by atoms with Gasteiger partial charge < -0.3 is 15.3 Å². The van der Waals surface area contributed by atoms with Gasteiger partial charge in [0, 0.05) is 22.4 Å². The summed E-state index contributed by atoms with van der Waals surface area (Å²) in [7, 11) is 0. The average Bonchev–Trinajstić information content (AvgIpc) is 2.66. The zero-order chi connectivity index (χ0) is 27.7. The van der Waals surface area contributed by atoms with Crippen LogP contribution >= 0.6 is 0 Å². The van der Waals surface area contributed by atoms with Gasteiger partial charge in [-0.3, -0.25) is 28.8 Å². The fourth-order valence-corrected chi connectivity index (χ4v) is 1.28. The Hall–Kier alpha value is -2.83. The Bertz CT molecular complexity index is 764. The predicted molar refractivity (Wildman–Crippen MR) is 111 cm³/mol. The van der Waals surface area contributed by atoms with Crippen molar-refractivity contribution in [2.45, 2.75) is 62.3 Å². The molecule has 0 saturated carbocycles. The van der Waals surface area contributed by atoms with Crippen LogP contribution in [0.5, 0.6) is 0 Å². The normalized spacial score (nSPS) is 10.5. The number of carboxylic acid groups (broad SMARTS) is 3. The summed E-state index contributed by atoms with van der Waals surface area (Å²) in [6, 6.07) is 0. The Kier molecular flexibility index (Phi) is 16.3. The van der Waals surface area contributed by atoms with E-state index in [4.69, 9.17) is 15.3 Å². The number of aliphatic carboxylic acids is 3. The quantitative estimate of drug-likeness (QED) is 0.176. The number of Topliss-reactive ketones (excluding diaryl/α,β-unsaturated/α-hetero) is 6. The van der Waals surface area contributed by atoms with Crippen LogP contribution in [0.2, 0.25) is 0 Å². The van der Waals surface area contributed by atoms with Crippen molar-refractivity contribution in [3.8, 4) is 0 Å². The van der Waals surface area contributed by atoms with Gasteiger partial charge in [0.15, 0.2) is 0 Å². The van der Waals surface area contributed by atoms with Gasteiger partial charge in [-0.05, 0) is 62.3 Å². The molecule has 0 aromatic carbocycles. The second-order valence-corrected chi connectivity index (χ2v) is 8.45. The van der Waals surface area contributed by atoms with E-state index in [1.165, 1.54) is 62.3 Å². The van der Waals surface area contributed by atoms with Crippen molar-refractivity contribution < 1.29 is 80.9 Å². The monoisotopic (exact) mass is 671 g/mol.